The average Bonchev–Trinajstić information content (AvgIpc) is 2.97. The number of fused-ring (bicyclic) bond motifs is 2. The maximum Gasteiger partial charge on any atom is 0.344 e. The van der Waals surface area contributed by atoms with Crippen LogP contribution in [0.1, 0.15) is 56.9 Å². The molecule has 3 aliphatic rings. The molecule has 3 fully saturated rings. The van der Waals surface area contributed by atoms with Crippen molar-refractivity contribution in [3.05, 3.63) is 35.9 Å². The van der Waals surface area contributed by atoms with Gasteiger partial charge < -0.3 is 10.2 Å². The predicted octanol–water partition coefficient (Wildman–Crippen LogP) is 3.45. The standard InChI is InChI=1S/C22H30N4O3/c23-21(24-20(27)13-16-7-3-1-4-8-16)19-12-11-18-14-25(19)22(28)26(18)29-15-17-9-5-2-6-10-17/h2,5-6,9-10,16,18-19H,1,3-4,7-8,11-15H2,(H2,23,24,27)/t18-,19+/m1/s1. The van der Waals surface area contributed by atoms with Crippen molar-refractivity contribution in [3.8, 4) is 0 Å². The fourth-order valence-electron chi connectivity index (χ4n) is 4.75. The van der Waals surface area contributed by atoms with E-state index in [0.29, 0.717) is 31.9 Å². The Morgan fingerprint density at radius 1 is 1.10 bits per heavy atom. The van der Waals surface area contributed by atoms with Gasteiger partial charge in [-0.15, -0.1) is 0 Å². The number of amides is 3. The number of hydrogen-bond acceptors (Lipinski definition) is 4. The molecule has 0 radical (unpaired) electrons. The molecule has 2 aliphatic heterocycles. The lowest BCUT2D eigenvalue weighted by Gasteiger charge is -2.31. The molecule has 2 N–H and O–H groups in total. The number of rotatable bonds is 6. The molecule has 0 unspecified atom stereocenters. The lowest BCUT2D eigenvalue weighted by Crippen LogP contribution is -2.51. The Balaban J connectivity index is 1.30. The van der Waals surface area contributed by atoms with E-state index in [4.69, 9.17) is 10.2 Å². The Bertz CT molecular complexity index is 748. The van der Waals surface area contributed by atoms with E-state index in [1.807, 2.05) is 30.3 Å². The van der Waals surface area contributed by atoms with E-state index in [1.54, 1.807) is 4.90 Å². The zero-order valence-electron chi connectivity index (χ0n) is 16.8. The number of benzene rings is 1. The fraction of sp³-hybridized carbons (Fsp3) is 0.591. The quantitative estimate of drug-likeness (QED) is 0.568. The lowest BCUT2D eigenvalue weighted by atomic mass is 9.87. The zero-order valence-corrected chi connectivity index (χ0v) is 16.8. The van der Waals surface area contributed by atoms with Gasteiger partial charge in [-0.3, -0.25) is 15.0 Å². The number of urea groups is 1. The Kier molecular flexibility index (Phi) is 6.13. The van der Waals surface area contributed by atoms with Gasteiger partial charge in [0.05, 0.1) is 12.1 Å². The molecule has 0 aromatic heterocycles. The first kappa shape index (κ1) is 19.9. The van der Waals surface area contributed by atoms with Gasteiger partial charge in [-0.25, -0.2) is 4.79 Å². The molecule has 2 heterocycles. The fourth-order valence-corrected chi connectivity index (χ4v) is 4.75. The molecule has 2 saturated heterocycles. The monoisotopic (exact) mass is 398 g/mol. The van der Waals surface area contributed by atoms with Crippen molar-refractivity contribution in [1.82, 2.24) is 15.3 Å². The van der Waals surface area contributed by atoms with Crippen molar-refractivity contribution in [2.24, 2.45) is 5.92 Å². The highest BCUT2D eigenvalue weighted by Gasteiger charge is 2.47. The summed E-state index contributed by atoms with van der Waals surface area (Å²) in [5.74, 6) is 0.484. The first-order chi connectivity index (χ1) is 14.1. The van der Waals surface area contributed by atoms with Crippen LogP contribution < -0.4 is 5.32 Å². The van der Waals surface area contributed by atoms with Crippen molar-refractivity contribution in [3.63, 3.8) is 0 Å². The highest BCUT2D eigenvalue weighted by atomic mass is 16.7. The van der Waals surface area contributed by atoms with E-state index in [0.717, 1.165) is 24.8 Å². The molecule has 7 nitrogen and oxygen atoms in total. The highest BCUT2D eigenvalue weighted by molar-refractivity contribution is 6.01. The van der Waals surface area contributed by atoms with Gasteiger partial charge in [0, 0.05) is 13.0 Å². The van der Waals surface area contributed by atoms with Gasteiger partial charge in [-0.1, -0.05) is 49.6 Å². The van der Waals surface area contributed by atoms with Crippen LogP contribution >= 0.6 is 0 Å². The van der Waals surface area contributed by atoms with Gasteiger partial charge in [-0.05, 0) is 37.2 Å². The van der Waals surface area contributed by atoms with Crippen LogP contribution in [0.4, 0.5) is 4.79 Å². The predicted molar refractivity (Wildman–Crippen MR) is 109 cm³/mol. The largest absolute Gasteiger partial charge is 0.344 e. The summed E-state index contributed by atoms with van der Waals surface area (Å²) in [7, 11) is 0. The minimum Gasteiger partial charge on any atom is -0.313 e. The maximum atomic E-state index is 12.8. The Morgan fingerprint density at radius 2 is 1.86 bits per heavy atom. The number of amidine groups is 1. The molecule has 1 aromatic rings. The minimum absolute atomic E-state index is 0.00759. The number of carbonyl (C=O) groups excluding carboxylic acids is 2. The molecule has 2 bridgehead atoms. The van der Waals surface area contributed by atoms with E-state index in [2.05, 4.69) is 5.32 Å². The third-order valence-electron chi connectivity index (χ3n) is 6.34. The first-order valence-corrected chi connectivity index (χ1v) is 10.8. The van der Waals surface area contributed by atoms with Crippen LogP contribution in [-0.2, 0) is 16.2 Å². The molecule has 156 valence electrons. The van der Waals surface area contributed by atoms with Crippen LogP contribution in [0.3, 0.4) is 0 Å². The minimum atomic E-state index is -0.376. The molecule has 29 heavy (non-hydrogen) atoms. The summed E-state index contributed by atoms with van der Waals surface area (Å²) in [4.78, 5) is 32.7. The molecule has 7 heteroatoms. The van der Waals surface area contributed by atoms with Crippen molar-refractivity contribution >= 4 is 17.8 Å². The number of nitrogens with one attached hydrogen (secondary N) is 2. The van der Waals surface area contributed by atoms with E-state index < -0.39 is 0 Å². The topological polar surface area (TPSA) is 85.7 Å². The Morgan fingerprint density at radius 3 is 2.62 bits per heavy atom. The normalized spacial score (nSPS) is 24.6. The molecular weight excluding hydrogens is 368 g/mol. The Hall–Kier alpha value is -2.41. The van der Waals surface area contributed by atoms with Gasteiger partial charge in [0.15, 0.2) is 0 Å². The van der Waals surface area contributed by atoms with Gasteiger partial charge in [0.1, 0.15) is 12.4 Å². The van der Waals surface area contributed by atoms with Crippen LogP contribution in [0.2, 0.25) is 0 Å². The molecular formula is C22H30N4O3. The van der Waals surface area contributed by atoms with Crippen LogP contribution in [0.5, 0.6) is 0 Å². The highest BCUT2D eigenvalue weighted by Crippen LogP contribution is 2.31. The van der Waals surface area contributed by atoms with Crippen LogP contribution in [-0.4, -0.2) is 46.4 Å². The van der Waals surface area contributed by atoms with E-state index in [-0.39, 0.29) is 29.9 Å². The smallest absolute Gasteiger partial charge is 0.313 e. The number of carbonyl (C=O) groups is 2. The Labute approximate surface area is 171 Å². The van der Waals surface area contributed by atoms with Gasteiger partial charge >= 0.3 is 6.03 Å². The SMILES string of the molecule is N=C(NC(=O)CC1CCCCC1)[C@@H]1CC[C@@H]2CN1C(=O)N2OCc1ccccc1. The summed E-state index contributed by atoms with van der Waals surface area (Å²) in [6.45, 7) is 0.885. The van der Waals surface area contributed by atoms with Gasteiger partial charge in [-0.2, -0.15) is 5.06 Å². The zero-order chi connectivity index (χ0) is 20.2. The molecule has 1 aromatic carbocycles. The van der Waals surface area contributed by atoms with Crippen LogP contribution in [0, 0.1) is 11.3 Å². The summed E-state index contributed by atoms with van der Waals surface area (Å²) in [6, 6.07) is 9.19. The number of hydroxylamine groups is 2. The molecule has 2 atom stereocenters. The summed E-state index contributed by atoms with van der Waals surface area (Å²) in [5.41, 5.74) is 1.01. The maximum absolute atomic E-state index is 12.8. The van der Waals surface area contributed by atoms with Crippen molar-refractivity contribution in [2.45, 2.75) is 70.1 Å². The second-order valence-electron chi connectivity index (χ2n) is 8.44. The van der Waals surface area contributed by atoms with Gasteiger partial charge in [0.25, 0.3) is 0 Å². The second kappa shape index (κ2) is 8.95. The number of hydrogen-bond donors (Lipinski definition) is 2. The molecule has 4 rings (SSSR count). The third kappa shape index (κ3) is 4.61. The van der Waals surface area contributed by atoms with Crippen LogP contribution in [0.25, 0.3) is 0 Å². The molecule has 1 saturated carbocycles. The van der Waals surface area contributed by atoms with Crippen molar-refractivity contribution < 1.29 is 14.4 Å². The average molecular weight is 399 g/mol. The first-order valence-electron chi connectivity index (χ1n) is 10.8. The summed E-state index contributed by atoms with van der Waals surface area (Å²) in [5, 5.41) is 12.6. The molecule has 3 amide bonds. The summed E-state index contributed by atoms with van der Waals surface area (Å²) in [6.07, 6.45) is 7.77. The van der Waals surface area contributed by atoms with Crippen molar-refractivity contribution in [2.75, 3.05) is 6.54 Å². The number of piperidine rings is 1. The van der Waals surface area contributed by atoms with Gasteiger partial charge in [0.2, 0.25) is 5.91 Å². The molecule has 1 aliphatic carbocycles. The third-order valence-corrected chi connectivity index (χ3v) is 6.34. The number of nitrogens with zero attached hydrogens (tertiary/aromatic N) is 2. The summed E-state index contributed by atoms with van der Waals surface area (Å²) < 4.78 is 0. The lowest BCUT2D eigenvalue weighted by molar-refractivity contribution is -0.140. The second-order valence-corrected chi connectivity index (χ2v) is 8.44. The molecule has 0 spiro atoms. The van der Waals surface area contributed by atoms with Crippen LogP contribution in [0.15, 0.2) is 30.3 Å². The van der Waals surface area contributed by atoms with E-state index >= 15 is 0 Å². The van der Waals surface area contributed by atoms with Crippen molar-refractivity contribution in [1.29, 1.82) is 5.41 Å². The van der Waals surface area contributed by atoms with E-state index in [9.17, 15) is 9.59 Å². The van der Waals surface area contributed by atoms with E-state index in [1.165, 1.54) is 24.3 Å². The summed E-state index contributed by atoms with van der Waals surface area (Å²) >= 11 is 0.